The summed E-state index contributed by atoms with van der Waals surface area (Å²) in [5.41, 5.74) is 1.77. The molecule has 0 aromatic carbocycles. The fraction of sp³-hybridized carbons (Fsp3) is 0.353. The lowest BCUT2D eigenvalue weighted by Crippen LogP contribution is -2.21. The Labute approximate surface area is 134 Å². The van der Waals surface area contributed by atoms with Crippen LogP contribution in [-0.2, 0) is 7.05 Å². The Hall–Kier alpha value is -2.63. The number of aromatic nitrogens is 2. The van der Waals surface area contributed by atoms with Gasteiger partial charge in [0.15, 0.2) is 0 Å². The van der Waals surface area contributed by atoms with Crippen LogP contribution in [-0.4, -0.2) is 28.5 Å². The van der Waals surface area contributed by atoms with Crippen molar-refractivity contribution in [1.82, 2.24) is 9.55 Å². The van der Waals surface area contributed by atoms with Gasteiger partial charge in [-0.1, -0.05) is 0 Å². The van der Waals surface area contributed by atoms with Crippen molar-refractivity contribution in [3.05, 3.63) is 52.1 Å². The average Bonchev–Trinajstić information content (AvgIpc) is 3.07. The fourth-order valence-electron chi connectivity index (χ4n) is 2.70. The van der Waals surface area contributed by atoms with Gasteiger partial charge in [-0.05, 0) is 37.5 Å². The molecule has 0 aliphatic carbocycles. The van der Waals surface area contributed by atoms with Crippen molar-refractivity contribution in [3.63, 3.8) is 0 Å². The van der Waals surface area contributed by atoms with Gasteiger partial charge in [-0.2, -0.15) is 0 Å². The van der Waals surface area contributed by atoms with Crippen molar-refractivity contribution in [1.29, 1.82) is 0 Å². The highest BCUT2D eigenvalue weighted by Gasteiger charge is 2.14. The second-order valence-corrected chi connectivity index (χ2v) is 5.87. The molecule has 2 aromatic heterocycles. The van der Waals surface area contributed by atoms with Crippen LogP contribution in [0, 0.1) is 6.92 Å². The number of pyridine rings is 2. The van der Waals surface area contributed by atoms with Crippen molar-refractivity contribution in [2.24, 2.45) is 7.05 Å². The first-order valence-electron chi connectivity index (χ1n) is 7.74. The van der Waals surface area contributed by atoms with Gasteiger partial charge in [-0.3, -0.25) is 9.59 Å². The van der Waals surface area contributed by atoms with Crippen LogP contribution in [0.2, 0.25) is 0 Å². The molecule has 120 valence electrons. The van der Waals surface area contributed by atoms with Gasteiger partial charge in [0.05, 0.1) is 11.3 Å². The van der Waals surface area contributed by atoms with E-state index in [4.69, 9.17) is 0 Å². The molecule has 0 atom stereocenters. The molecule has 1 saturated heterocycles. The first-order chi connectivity index (χ1) is 11.0. The Morgan fingerprint density at radius 1 is 1.26 bits per heavy atom. The van der Waals surface area contributed by atoms with Crippen LogP contribution in [0.5, 0.6) is 0 Å². The summed E-state index contributed by atoms with van der Waals surface area (Å²) in [6, 6.07) is 5.17. The van der Waals surface area contributed by atoms with Gasteiger partial charge in [-0.25, -0.2) is 4.98 Å². The Kier molecular flexibility index (Phi) is 4.14. The first kappa shape index (κ1) is 15.3. The maximum Gasteiger partial charge on any atom is 0.257 e. The van der Waals surface area contributed by atoms with Gasteiger partial charge in [0, 0.05) is 38.6 Å². The highest BCUT2D eigenvalue weighted by atomic mass is 16.1. The molecule has 3 heterocycles. The molecule has 1 N–H and O–H groups in total. The quantitative estimate of drug-likeness (QED) is 0.940. The number of anilines is 2. The number of aryl methyl sites for hydroxylation is 2. The van der Waals surface area contributed by atoms with Crippen molar-refractivity contribution in [2.75, 3.05) is 23.3 Å². The summed E-state index contributed by atoms with van der Waals surface area (Å²) in [6.07, 6.45) is 5.60. The summed E-state index contributed by atoms with van der Waals surface area (Å²) in [5, 5.41) is 2.83. The van der Waals surface area contributed by atoms with E-state index >= 15 is 0 Å². The molecule has 0 bridgehead atoms. The van der Waals surface area contributed by atoms with E-state index in [1.165, 1.54) is 23.5 Å². The topological polar surface area (TPSA) is 67.2 Å². The van der Waals surface area contributed by atoms with Crippen LogP contribution in [0.4, 0.5) is 11.5 Å². The molecule has 1 aliphatic rings. The number of hydrogen-bond acceptors (Lipinski definition) is 4. The number of carbonyl (C=O) groups is 1. The standard InChI is InChI=1S/C17H20N4O2/c1-12-9-16(22)20(2)11-14(12)19-17(23)13-5-6-15(18-10-13)21-7-3-4-8-21/h5-6,9-11H,3-4,7-8H2,1-2H3,(H,19,23). The van der Waals surface area contributed by atoms with Crippen molar-refractivity contribution < 1.29 is 4.79 Å². The van der Waals surface area contributed by atoms with Gasteiger partial charge in [0.2, 0.25) is 0 Å². The molecule has 23 heavy (non-hydrogen) atoms. The minimum Gasteiger partial charge on any atom is -0.357 e. The van der Waals surface area contributed by atoms with Crippen LogP contribution in [0.1, 0.15) is 28.8 Å². The van der Waals surface area contributed by atoms with Crippen LogP contribution >= 0.6 is 0 Å². The average molecular weight is 312 g/mol. The molecule has 3 rings (SSSR count). The molecular weight excluding hydrogens is 292 g/mol. The molecule has 1 fully saturated rings. The van der Waals surface area contributed by atoms with E-state index in [0.717, 1.165) is 24.5 Å². The van der Waals surface area contributed by atoms with E-state index < -0.39 is 0 Å². The predicted molar refractivity (Wildman–Crippen MR) is 90.1 cm³/mol. The van der Waals surface area contributed by atoms with Crippen LogP contribution in [0.3, 0.4) is 0 Å². The Bertz CT molecular complexity index is 774. The molecular formula is C17H20N4O2. The summed E-state index contributed by atoms with van der Waals surface area (Å²) in [5.74, 6) is 0.685. The zero-order chi connectivity index (χ0) is 16.4. The van der Waals surface area contributed by atoms with Crippen LogP contribution in [0.25, 0.3) is 0 Å². The number of hydrogen-bond donors (Lipinski definition) is 1. The monoisotopic (exact) mass is 312 g/mol. The number of nitrogens with one attached hydrogen (secondary N) is 1. The van der Waals surface area contributed by atoms with E-state index in [-0.39, 0.29) is 11.5 Å². The summed E-state index contributed by atoms with van der Waals surface area (Å²) in [7, 11) is 1.66. The molecule has 1 amide bonds. The van der Waals surface area contributed by atoms with E-state index in [0.29, 0.717) is 11.3 Å². The van der Waals surface area contributed by atoms with Gasteiger partial charge in [0.1, 0.15) is 5.82 Å². The SMILES string of the molecule is Cc1cc(=O)n(C)cc1NC(=O)c1ccc(N2CCCC2)nc1. The van der Waals surface area contributed by atoms with E-state index in [2.05, 4.69) is 15.2 Å². The molecule has 0 radical (unpaired) electrons. The summed E-state index contributed by atoms with van der Waals surface area (Å²) >= 11 is 0. The second-order valence-electron chi connectivity index (χ2n) is 5.87. The smallest absolute Gasteiger partial charge is 0.257 e. The largest absolute Gasteiger partial charge is 0.357 e. The summed E-state index contributed by atoms with van der Waals surface area (Å²) in [4.78, 5) is 30.5. The maximum absolute atomic E-state index is 12.3. The minimum absolute atomic E-state index is 0.0999. The number of nitrogens with zero attached hydrogens (tertiary/aromatic N) is 3. The van der Waals surface area contributed by atoms with Gasteiger partial charge < -0.3 is 14.8 Å². The number of rotatable bonds is 3. The molecule has 0 unspecified atom stereocenters. The highest BCUT2D eigenvalue weighted by Crippen LogP contribution is 2.18. The second kappa shape index (κ2) is 6.24. The Morgan fingerprint density at radius 3 is 2.65 bits per heavy atom. The van der Waals surface area contributed by atoms with E-state index in [1.54, 1.807) is 32.4 Å². The molecule has 0 spiro atoms. The van der Waals surface area contributed by atoms with Crippen LogP contribution < -0.4 is 15.8 Å². The Balaban J connectivity index is 1.75. The normalized spacial score (nSPS) is 14.1. The predicted octanol–water partition coefficient (Wildman–Crippen LogP) is 1.94. The van der Waals surface area contributed by atoms with Gasteiger partial charge in [0.25, 0.3) is 11.5 Å². The van der Waals surface area contributed by atoms with E-state index in [1.807, 2.05) is 6.07 Å². The lowest BCUT2D eigenvalue weighted by Gasteiger charge is -2.16. The fourth-order valence-corrected chi connectivity index (χ4v) is 2.70. The molecule has 6 heteroatoms. The third-order valence-electron chi connectivity index (χ3n) is 4.12. The summed E-state index contributed by atoms with van der Waals surface area (Å²) in [6.45, 7) is 3.84. The number of carbonyl (C=O) groups excluding carboxylic acids is 1. The van der Waals surface area contributed by atoms with E-state index in [9.17, 15) is 9.59 Å². The highest BCUT2D eigenvalue weighted by molar-refractivity contribution is 6.04. The third-order valence-corrected chi connectivity index (χ3v) is 4.12. The minimum atomic E-state index is -0.229. The number of amides is 1. The van der Waals surface area contributed by atoms with Crippen molar-refractivity contribution in [3.8, 4) is 0 Å². The van der Waals surface area contributed by atoms with Gasteiger partial charge in [-0.15, -0.1) is 0 Å². The van der Waals surface area contributed by atoms with Crippen molar-refractivity contribution >= 4 is 17.4 Å². The van der Waals surface area contributed by atoms with Crippen LogP contribution in [0.15, 0.2) is 35.4 Å². The zero-order valence-electron chi connectivity index (χ0n) is 13.4. The van der Waals surface area contributed by atoms with Crippen molar-refractivity contribution in [2.45, 2.75) is 19.8 Å². The maximum atomic E-state index is 12.3. The molecule has 0 saturated carbocycles. The zero-order valence-corrected chi connectivity index (χ0v) is 13.4. The lowest BCUT2D eigenvalue weighted by molar-refractivity contribution is 0.102. The lowest BCUT2D eigenvalue weighted by atomic mass is 10.2. The summed E-state index contributed by atoms with van der Waals surface area (Å²) < 4.78 is 1.44. The van der Waals surface area contributed by atoms with Gasteiger partial charge >= 0.3 is 0 Å². The molecule has 6 nitrogen and oxygen atoms in total. The Morgan fingerprint density at radius 2 is 2.00 bits per heavy atom. The third kappa shape index (κ3) is 3.26. The first-order valence-corrected chi connectivity index (χ1v) is 7.74. The molecule has 2 aromatic rings. The molecule has 1 aliphatic heterocycles.